The standard InChI is InChI=1S/C31H34Cl2FN3O4S/c1-42(40,41)37(28-15-9-8-14-27(28)34)21-30(38)36(20-23-16-17-24(32)19-26(23)33)29(18-22-10-4-2-5-11-22)31(39)35-25-12-6-3-7-13-25/h2,4-5,8-11,14-17,19,25,29H,3,6-7,12-13,18,20-21H2,1H3,(H,35,39)/t29-/m0/s1. The molecule has 4 rings (SSSR count). The number of amides is 2. The van der Waals surface area contributed by atoms with E-state index >= 15 is 0 Å². The Bertz CT molecular complexity index is 1500. The molecular weight excluding hydrogens is 600 g/mol. The molecule has 0 heterocycles. The van der Waals surface area contributed by atoms with E-state index in [-0.39, 0.29) is 30.6 Å². The number of sulfonamides is 1. The van der Waals surface area contributed by atoms with Crippen molar-refractivity contribution >= 4 is 50.7 Å². The molecule has 3 aromatic carbocycles. The van der Waals surface area contributed by atoms with Gasteiger partial charge in [-0.2, -0.15) is 0 Å². The third kappa shape index (κ3) is 8.46. The molecule has 1 atom stereocenters. The van der Waals surface area contributed by atoms with Gasteiger partial charge in [-0.25, -0.2) is 12.8 Å². The molecule has 0 spiro atoms. The second-order valence-corrected chi connectivity index (χ2v) is 13.3. The third-order valence-corrected chi connectivity index (χ3v) is 9.09. The highest BCUT2D eigenvalue weighted by molar-refractivity contribution is 7.92. The molecule has 3 aromatic rings. The van der Waals surface area contributed by atoms with Gasteiger partial charge < -0.3 is 10.2 Å². The van der Waals surface area contributed by atoms with Crippen LogP contribution in [0.2, 0.25) is 10.0 Å². The summed E-state index contributed by atoms with van der Waals surface area (Å²) in [6, 6.07) is 18.4. The molecule has 42 heavy (non-hydrogen) atoms. The van der Waals surface area contributed by atoms with Crippen LogP contribution in [0.15, 0.2) is 72.8 Å². The first-order valence-electron chi connectivity index (χ1n) is 13.8. The van der Waals surface area contributed by atoms with E-state index in [0.717, 1.165) is 54.3 Å². The maximum absolute atomic E-state index is 14.8. The largest absolute Gasteiger partial charge is 0.352 e. The maximum Gasteiger partial charge on any atom is 0.244 e. The highest BCUT2D eigenvalue weighted by Gasteiger charge is 2.34. The van der Waals surface area contributed by atoms with Crippen LogP contribution < -0.4 is 9.62 Å². The van der Waals surface area contributed by atoms with Crippen molar-refractivity contribution in [2.75, 3.05) is 17.1 Å². The van der Waals surface area contributed by atoms with Crippen LogP contribution in [0.1, 0.15) is 43.2 Å². The summed E-state index contributed by atoms with van der Waals surface area (Å²) in [6.45, 7) is -0.813. The SMILES string of the molecule is CS(=O)(=O)N(CC(=O)N(Cc1ccc(Cl)cc1Cl)[C@@H](Cc1ccccc1)C(=O)NC1CCCCC1)c1ccccc1F. The van der Waals surface area contributed by atoms with Crippen molar-refractivity contribution in [1.82, 2.24) is 10.2 Å². The summed E-state index contributed by atoms with van der Waals surface area (Å²) in [7, 11) is -4.08. The van der Waals surface area contributed by atoms with E-state index in [1.807, 2.05) is 30.3 Å². The van der Waals surface area contributed by atoms with Gasteiger partial charge in [-0.05, 0) is 48.2 Å². The number of rotatable bonds is 11. The number of hydrogen-bond donors (Lipinski definition) is 1. The lowest BCUT2D eigenvalue weighted by molar-refractivity contribution is -0.140. The lowest BCUT2D eigenvalue weighted by Gasteiger charge is -2.35. The van der Waals surface area contributed by atoms with E-state index < -0.39 is 34.3 Å². The lowest BCUT2D eigenvalue weighted by Crippen LogP contribution is -2.55. The highest BCUT2D eigenvalue weighted by atomic mass is 35.5. The predicted octanol–water partition coefficient (Wildman–Crippen LogP) is 5.99. The number of carbonyl (C=O) groups excluding carboxylic acids is 2. The first kappa shape index (κ1) is 31.8. The van der Waals surface area contributed by atoms with Crippen LogP contribution >= 0.6 is 23.2 Å². The van der Waals surface area contributed by atoms with E-state index in [9.17, 15) is 22.4 Å². The van der Waals surface area contributed by atoms with Gasteiger partial charge in [0, 0.05) is 29.1 Å². The van der Waals surface area contributed by atoms with Crippen LogP contribution in [0.3, 0.4) is 0 Å². The smallest absolute Gasteiger partial charge is 0.244 e. The van der Waals surface area contributed by atoms with Crippen molar-refractivity contribution in [1.29, 1.82) is 0 Å². The minimum Gasteiger partial charge on any atom is -0.352 e. The van der Waals surface area contributed by atoms with Crippen LogP contribution in [0.4, 0.5) is 10.1 Å². The Hall–Kier alpha value is -3.14. The second kappa shape index (κ2) is 14.4. The number of hydrogen-bond acceptors (Lipinski definition) is 4. The topological polar surface area (TPSA) is 86.8 Å². The molecule has 1 N–H and O–H groups in total. The van der Waals surface area contributed by atoms with Gasteiger partial charge in [-0.3, -0.25) is 13.9 Å². The fraction of sp³-hybridized carbons (Fsp3) is 0.355. The van der Waals surface area contributed by atoms with Crippen molar-refractivity contribution in [3.8, 4) is 0 Å². The molecule has 0 aliphatic heterocycles. The van der Waals surface area contributed by atoms with Gasteiger partial charge in [0.05, 0.1) is 11.9 Å². The summed E-state index contributed by atoms with van der Waals surface area (Å²) in [5.74, 6) is -1.82. The molecule has 0 bridgehead atoms. The van der Waals surface area contributed by atoms with E-state index in [2.05, 4.69) is 5.32 Å². The van der Waals surface area contributed by atoms with Crippen LogP contribution in [0, 0.1) is 5.82 Å². The van der Waals surface area contributed by atoms with E-state index in [0.29, 0.717) is 15.6 Å². The molecule has 224 valence electrons. The second-order valence-electron chi connectivity index (χ2n) is 10.5. The maximum atomic E-state index is 14.8. The van der Waals surface area contributed by atoms with Gasteiger partial charge in [-0.15, -0.1) is 0 Å². The summed E-state index contributed by atoms with van der Waals surface area (Å²) >= 11 is 12.6. The Morgan fingerprint density at radius 1 is 0.976 bits per heavy atom. The van der Waals surface area contributed by atoms with E-state index in [4.69, 9.17) is 23.2 Å². The van der Waals surface area contributed by atoms with Crippen molar-refractivity contribution < 1.29 is 22.4 Å². The molecule has 1 fully saturated rings. The van der Waals surface area contributed by atoms with Gasteiger partial charge in [0.1, 0.15) is 18.4 Å². The number of carbonyl (C=O) groups is 2. The fourth-order valence-corrected chi connectivity index (χ4v) is 6.50. The highest BCUT2D eigenvalue weighted by Crippen LogP contribution is 2.26. The van der Waals surface area contributed by atoms with Gasteiger partial charge in [-0.1, -0.05) is 91.0 Å². The monoisotopic (exact) mass is 633 g/mol. The molecule has 1 aliphatic rings. The zero-order chi connectivity index (χ0) is 30.3. The number of para-hydroxylation sites is 1. The third-order valence-electron chi connectivity index (χ3n) is 7.38. The van der Waals surface area contributed by atoms with Crippen molar-refractivity contribution in [3.63, 3.8) is 0 Å². The number of benzene rings is 3. The van der Waals surface area contributed by atoms with Gasteiger partial charge >= 0.3 is 0 Å². The molecule has 0 aromatic heterocycles. The number of nitrogens with one attached hydrogen (secondary N) is 1. The van der Waals surface area contributed by atoms with Crippen molar-refractivity contribution in [2.24, 2.45) is 0 Å². The zero-order valence-electron chi connectivity index (χ0n) is 23.3. The minimum atomic E-state index is -4.08. The fourth-order valence-electron chi connectivity index (χ4n) is 5.18. The molecule has 0 saturated heterocycles. The Morgan fingerprint density at radius 3 is 2.29 bits per heavy atom. The molecule has 0 unspecified atom stereocenters. The van der Waals surface area contributed by atoms with Crippen LogP contribution in [-0.4, -0.2) is 50.0 Å². The Balaban J connectivity index is 1.75. The summed E-state index contributed by atoms with van der Waals surface area (Å²) in [4.78, 5) is 29.4. The quantitative estimate of drug-likeness (QED) is 0.281. The minimum absolute atomic E-state index is 0.0217. The molecule has 0 radical (unpaired) electrons. The first-order valence-corrected chi connectivity index (χ1v) is 16.4. The summed E-state index contributed by atoms with van der Waals surface area (Å²) < 4.78 is 41.1. The van der Waals surface area contributed by atoms with Gasteiger partial charge in [0.25, 0.3) is 0 Å². The normalized spacial score (nSPS) is 14.7. The Kier molecular flexibility index (Phi) is 10.9. The number of nitrogens with zero attached hydrogens (tertiary/aromatic N) is 2. The number of halogens is 3. The molecule has 11 heteroatoms. The molecule has 1 saturated carbocycles. The average molecular weight is 635 g/mol. The lowest BCUT2D eigenvalue weighted by atomic mass is 9.94. The van der Waals surface area contributed by atoms with Crippen LogP contribution in [0.25, 0.3) is 0 Å². The Morgan fingerprint density at radius 2 is 1.64 bits per heavy atom. The first-order chi connectivity index (χ1) is 20.0. The summed E-state index contributed by atoms with van der Waals surface area (Å²) in [5, 5.41) is 3.82. The van der Waals surface area contributed by atoms with Crippen LogP contribution in [-0.2, 0) is 32.6 Å². The molecule has 7 nitrogen and oxygen atoms in total. The van der Waals surface area contributed by atoms with Crippen molar-refractivity contribution in [3.05, 3.63) is 99.8 Å². The van der Waals surface area contributed by atoms with E-state index in [1.54, 1.807) is 12.1 Å². The van der Waals surface area contributed by atoms with Gasteiger partial charge in [0.2, 0.25) is 21.8 Å². The van der Waals surface area contributed by atoms with Gasteiger partial charge in [0.15, 0.2) is 0 Å². The summed E-state index contributed by atoms with van der Waals surface area (Å²) in [5.41, 5.74) is 1.08. The summed E-state index contributed by atoms with van der Waals surface area (Å²) in [6.07, 6.45) is 5.88. The molecule has 1 aliphatic carbocycles. The number of anilines is 1. The average Bonchev–Trinajstić information content (AvgIpc) is 2.95. The zero-order valence-corrected chi connectivity index (χ0v) is 25.6. The molecule has 2 amide bonds. The van der Waals surface area contributed by atoms with Crippen molar-refractivity contribution in [2.45, 2.75) is 57.2 Å². The van der Waals surface area contributed by atoms with E-state index in [1.165, 1.54) is 29.2 Å². The molecular formula is C31H34Cl2FN3O4S. The van der Waals surface area contributed by atoms with Crippen LogP contribution in [0.5, 0.6) is 0 Å². The Labute approximate surface area is 256 Å². The predicted molar refractivity (Wildman–Crippen MR) is 165 cm³/mol.